The van der Waals surface area contributed by atoms with Crippen molar-refractivity contribution in [1.29, 1.82) is 0 Å². The number of rotatable bonds is 5. The summed E-state index contributed by atoms with van der Waals surface area (Å²) in [6.07, 6.45) is 0. The van der Waals surface area contributed by atoms with E-state index in [2.05, 4.69) is 14.8 Å². The molecule has 0 aromatic carbocycles. The molecule has 2 heterocycles. The number of nitrogens with two attached hydrogens (primary N) is 1. The second kappa shape index (κ2) is 6.49. The highest BCUT2D eigenvalue weighted by atomic mass is 16.5. The number of aromatic nitrogens is 1. The van der Waals surface area contributed by atoms with Crippen molar-refractivity contribution in [3.05, 3.63) is 12.1 Å². The van der Waals surface area contributed by atoms with E-state index in [0.29, 0.717) is 24.7 Å². The van der Waals surface area contributed by atoms with Crippen LogP contribution in [-0.4, -0.2) is 59.9 Å². The first kappa shape index (κ1) is 15.9. The number of hydrogen-bond donors (Lipinski definition) is 2. The first-order valence-electron chi connectivity index (χ1n) is 7.48. The Bertz CT molecular complexity index is 465. The predicted octanol–water partition coefficient (Wildman–Crippen LogP) is 0.955. The normalized spacial score (nSPS) is 17.0. The van der Waals surface area contributed by atoms with Gasteiger partial charge in [-0.15, -0.1) is 0 Å². The maximum atomic E-state index is 9.88. The highest BCUT2D eigenvalue weighted by Gasteiger charge is 2.23. The van der Waals surface area contributed by atoms with E-state index < -0.39 is 5.60 Å². The monoisotopic (exact) mass is 294 g/mol. The van der Waals surface area contributed by atoms with Gasteiger partial charge in [-0.3, -0.25) is 4.90 Å². The lowest BCUT2D eigenvalue weighted by atomic mass is 10.1. The van der Waals surface area contributed by atoms with E-state index in [4.69, 9.17) is 10.5 Å². The van der Waals surface area contributed by atoms with Gasteiger partial charge in [-0.1, -0.05) is 0 Å². The Balaban J connectivity index is 1.97. The number of hydrogen-bond acceptors (Lipinski definition) is 6. The van der Waals surface area contributed by atoms with Crippen LogP contribution in [0.2, 0.25) is 0 Å². The third-order valence-corrected chi connectivity index (χ3v) is 3.46. The molecular formula is C15H26N4O2. The van der Waals surface area contributed by atoms with E-state index in [1.165, 1.54) is 0 Å². The molecule has 21 heavy (non-hydrogen) atoms. The van der Waals surface area contributed by atoms with Gasteiger partial charge in [0.1, 0.15) is 5.82 Å². The Kier molecular flexibility index (Phi) is 4.90. The molecule has 1 fully saturated rings. The predicted molar refractivity (Wildman–Crippen MR) is 84.8 cm³/mol. The van der Waals surface area contributed by atoms with Crippen molar-refractivity contribution in [3.63, 3.8) is 0 Å². The van der Waals surface area contributed by atoms with Gasteiger partial charge in [0.2, 0.25) is 5.88 Å². The SMILES string of the molecule is CCOc1nc(N2CCN(CC(C)(C)O)CC2)ccc1N. The zero-order valence-electron chi connectivity index (χ0n) is 13.2. The molecule has 0 amide bonds. The van der Waals surface area contributed by atoms with E-state index in [0.717, 1.165) is 32.0 Å². The largest absolute Gasteiger partial charge is 0.476 e. The first-order chi connectivity index (χ1) is 9.89. The summed E-state index contributed by atoms with van der Waals surface area (Å²) >= 11 is 0. The van der Waals surface area contributed by atoms with E-state index in [9.17, 15) is 5.11 Å². The van der Waals surface area contributed by atoms with Gasteiger partial charge < -0.3 is 20.5 Å². The van der Waals surface area contributed by atoms with Gasteiger partial charge in [0, 0.05) is 32.7 Å². The molecule has 0 spiro atoms. The van der Waals surface area contributed by atoms with Gasteiger partial charge in [-0.2, -0.15) is 4.98 Å². The summed E-state index contributed by atoms with van der Waals surface area (Å²) in [4.78, 5) is 9.00. The number of piperazine rings is 1. The summed E-state index contributed by atoms with van der Waals surface area (Å²) in [5.41, 5.74) is 5.78. The molecule has 2 rings (SSSR count). The molecule has 1 aliphatic heterocycles. The highest BCUT2D eigenvalue weighted by Crippen LogP contribution is 2.24. The van der Waals surface area contributed by atoms with E-state index in [1.807, 2.05) is 32.9 Å². The zero-order chi connectivity index (χ0) is 15.5. The minimum absolute atomic E-state index is 0.508. The van der Waals surface area contributed by atoms with Gasteiger partial charge >= 0.3 is 0 Å². The molecule has 6 heteroatoms. The fourth-order valence-corrected chi connectivity index (χ4v) is 2.55. The summed E-state index contributed by atoms with van der Waals surface area (Å²) < 4.78 is 5.45. The Hall–Kier alpha value is -1.53. The molecule has 0 atom stereocenters. The molecular weight excluding hydrogens is 268 g/mol. The van der Waals surface area contributed by atoms with E-state index >= 15 is 0 Å². The quantitative estimate of drug-likeness (QED) is 0.842. The lowest BCUT2D eigenvalue weighted by Gasteiger charge is -2.37. The van der Waals surface area contributed by atoms with Crippen molar-refractivity contribution < 1.29 is 9.84 Å². The van der Waals surface area contributed by atoms with Crippen LogP contribution in [0.4, 0.5) is 11.5 Å². The van der Waals surface area contributed by atoms with Crippen molar-refractivity contribution in [2.24, 2.45) is 0 Å². The molecule has 1 saturated heterocycles. The average molecular weight is 294 g/mol. The Morgan fingerprint density at radius 3 is 2.52 bits per heavy atom. The van der Waals surface area contributed by atoms with Gasteiger partial charge in [-0.05, 0) is 32.9 Å². The van der Waals surface area contributed by atoms with Crippen molar-refractivity contribution in [2.45, 2.75) is 26.4 Å². The van der Waals surface area contributed by atoms with E-state index in [-0.39, 0.29) is 0 Å². The second-order valence-electron chi connectivity index (χ2n) is 6.07. The van der Waals surface area contributed by atoms with Crippen molar-refractivity contribution in [3.8, 4) is 5.88 Å². The summed E-state index contributed by atoms with van der Waals surface area (Å²) in [7, 11) is 0. The Morgan fingerprint density at radius 2 is 1.95 bits per heavy atom. The number of β-amino-alcohol motifs (C(OH)–C–C–N with tert-alkyl or cyclic N) is 1. The second-order valence-corrected chi connectivity index (χ2v) is 6.07. The van der Waals surface area contributed by atoms with E-state index in [1.54, 1.807) is 0 Å². The van der Waals surface area contributed by atoms with Gasteiger partial charge in [-0.25, -0.2) is 0 Å². The molecule has 0 unspecified atom stereocenters. The van der Waals surface area contributed by atoms with Crippen molar-refractivity contribution in [2.75, 3.05) is 50.0 Å². The van der Waals surface area contributed by atoms with Crippen molar-refractivity contribution >= 4 is 11.5 Å². The molecule has 1 aliphatic rings. The van der Waals surface area contributed by atoms with Crippen LogP contribution >= 0.6 is 0 Å². The maximum Gasteiger partial charge on any atom is 0.239 e. The number of aliphatic hydroxyl groups is 1. The van der Waals surface area contributed by atoms with Gasteiger partial charge in [0.25, 0.3) is 0 Å². The summed E-state index contributed by atoms with van der Waals surface area (Å²) in [6, 6.07) is 3.78. The average Bonchev–Trinajstić information content (AvgIpc) is 2.41. The van der Waals surface area contributed by atoms with Crippen LogP contribution in [0.15, 0.2) is 12.1 Å². The molecule has 0 saturated carbocycles. The van der Waals surface area contributed by atoms with Crippen molar-refractivity contribution in [1.82, 2.24) is 9.88 Å². The summed E-state index contributed by atoms with van der Waals surface area (Å²) in [5, 5.41) is 9.88. The first-order valence-corrected chi connectivity index (χ1v) is 7.48. The molecule has 0 aliphatic carbocycles. The zero-order valence-corrected chi connectivity index (χ0v) is 13.2. The fraction of sp³-hybridized carbons (Fsp3) is 0.667. The lowest BCUT2D eigenvalue weighted by Crippen LogP contribution is -2.50. The number of pyridine rings is 1. The summed E-state index contributed by atoms with van der Waals surface area (Å²) in [6.45, 7) is 10.5. The van der Waals surface area contributed by atoms with Crippen LogP contribution in [0.5, 0.6) is 5.88 Å². The minimum Gasteiger partial charge on any atom is -0.476 e. The fourth-order valence-electron chi connectivity index (χ4n) is 2.55. The van der Waals surface area contributed by atoms with Crippen LogP contribution < -0.4 is 15.4 Å². The molecule has 118 valence electrons. The Labute approximate surface area is 126 Å². The standard InChI is InChI=1S/C15H26N4O2/c1-4-21-14-12(16)5-6-13(17-14)19-9-7-18(8-10-19)11-15(2,3)20/h5-6,20H,4,7-11,16H2,1-3H3. The number of nitrogens with zero attached hydrogens (tertiary/aromatic N) is 3. The molecule has 6 nitrogen and oxygen atoms in total. The number of nitrogen functional groups attached to an aromatic ring is 1. The summed E-state index contributed by atoms with van der Waals surface area (Å²) in [5.74, 6) is 1.41. The molecule has 1 aromatic heterocycles. The lowest BCUT2D eigenvalue weighted by molar-refractivity contribution is 0.0344. The molecule has 3 N–H and O–H groups in total. The van der Waals surface area contributed by atoms with Crippen LogP contribution in [-0.2, 0) is 0 Å². The molecule has 1 aromatic rings. The molecule has 0 bridgehead atoms. The van der Waals surface area contributed by atoms with Gasteiger partial charge in [0.15, 0.2) is 0 Å². The van der Waals surface area contributed by atoms with Crippen LogP contribution in [0.1, 0.15) is 20.8 Å². The van der Waals surface area contributed by atoms with Crippen LogP contribution in [0, 0.1) is 0 Å². The minimum atomic E-state index is -0.649. The topological polar surface area (TPSA) is 74.8 Å². The highest BCUT2D eigenvalue weighted by molar-refractivity contribution is 5.54. The smallest absolute Gasteiger partial charge is 0.239 e. The number of anilines is 2. The van der Waals surface area contributed by atoms with Crippen LogP contribution in [0.25, 0.3) is 0 Å². The number of ether oxygens (including phenoxy) is 1. The maximum absolute atomic E-state index is 9.88. The molecule has 0 radical (unpaired) electrons. The third-order valence-electron chi connectivity index (χ3n) is 3.46. The Morgan fingerprint density at radius 1 is 1.29 bits per heavy atom. The van der Waals surface area contributed by atoms with Crippen LogP contribution in [0.3, 0.4) is 0 Å². The third kappa shape index (κ3) is 4.47. The van der Waals surface area contributed by atoms with Gasteiger partial charge in [0.05, 0.1) is 17.9 Å².